The average Bonchev–Trinajstić information content (AvgIpc) is 3.42. The third kappa shape index (κ3) is 4.01. The molecule has 6 nitrogen and oxygen atoms in total. The molecule has 0 aliphatic carbocycles. The molecule has 4 rings (SSSR count). The molecule has 0 aliphatic heterocycles. The number of halogens is 1. The first-order valence-electron chi connectivity index (χ1n) is 8.72. The third-order valence-electron chi connectivity index (χ3n) is 4.27. The van der Waals surface area contributed by atoms with Crippen LogP contribution in [0, 0.1) is 21.4 Å². The predicted molar refractivity (Wildman–Crippen MR) is 117 cm³/mol. The van der Waals surface area contributed by atoms with E-state index in [9.17, 15) is 15.4 Å². The highest BCUT2D eigenvalue weighted by Crippen LogP contribution is 2.33. The maximum atomic E-state index is 10.9. The van der Waals surface area contributed by atoms with E-state index >= 15 is 0 Å². The molecule has 0 amide bonds. The van der Waals surface area contributed by atoms with Gasteiger partial charge in [-0.05, 0) is 18.2 Å². The first kappa shape index (κ1) is 19.6. The van der Waals surface area contributed by atoms with E-state index in [2.05, 4.69) is 11.1 Å². The average molecular weight is 434 g/mol. The van der Waals surface area contributed by atoms with E-state index in [0.29, 0.717) is 27.7 Å². The first-order valence-corrected chi connectivity index (χ1v) is 9.98. The van der Waals surface area contributed by atoms with Crippen LogP contribution < -0.4 is 0 Å². The number of nitriles is 1. The quantitative estimate of drug-likeness (QED) is 0.198. The lowest BCUT2D eigenvalue weighted by molar-refractivity contribution is -0.384. The van der Waals surface area contributed by atoms with Gasteiger partial charge in [-0.1, -0.05) is 41.9 Å². The summed E-state index contributed by atoms with van der Waals surface area (Å²) in [5.41, 5.74) is 2.58. The highest BCUT2D eigenvalue weighted by Gasteiger charge is 2.14. The Morgan fingerprint density at radius 3 is 2.70 bits per heavy atom. The summed E-state index contributed by atoms with van der Waals surface area (Å²) in [6, 6.07) is 19.5. The molecule has 4 aromatic rings. The van der Waals surface area contributed by atoms with Crippen molar-refractivity contribution in [1.82, 2.24) is 4.98 Å². The van der Waals surface area contributed by atoms with E-state index in [4.69, 9.17) is 16.0 Å². The lowest BCUT2D eigenvalue weighted by atomic mass is 10.1. The van der Waals surface area contributed by atoms with Crippen molar-refractivity contribution in [2.45, 2.75) is 0 Å². The van der Waals surface area contributed by atoms with Crippen LogP contribution in [0.1, 0.15) is 10.8 Å². The van der Waals surface area contributed by atoms with Crippen LogP contribution in [0.25, 0.3) is 34.2 Å². The summed E-state index contributed by atoms with van der Waals surface area (Å²) in [6.07, 6.45) is 1.61. The molecule has 2 aromatic carbocycles. The number of nitro benzene ring substituents is 1. The molecule has 0 aliphatic rings. The first-order chi connectivity index (χ1) is 14.5. The fraction of sp³-hybridized carbons (Fsp3) is 0. The number of furan rings is 1. The Kier molecular flexibility index (Phi) is 5.44. The number of aromatic nitrogens is 1. The Labute approximate surface area is 180 Å². The van der Waals surface area contributed by atoms with Gasteiger partial charge in [0.25, 0.3) is 5.69 Å². The number of benzene rings is 2. The summed E-state index contributed by atoms with van der Waals surface area (Å²) >= 11 is 7.54. The van der Waals surface area contributed by atoms with Gasteiger partial charge in [0.05, 0.1) is 21.2 Å². The summed E-state index contributed by atoms with van der Waals surface area (Å²) < 4.78 is 5.79. The molecule has 30 heavy (non-hydrogen) atoms. The minimum absolute atomic E-state index is 0.0971. The lowest BCUT2D eigenvalue weighted by Gasteiger charge is -2.00. The van der Waals surface area contributed by atoms with E-state index in [-0.39, 0.29) is 10.7 Å². The summed E-state index contributed by atoms with van der Waals surface area (Å²) in [5, 5.41) is 23.2. The van der Waals surface area contributed by atoms with Gasteiger partial charge in [-0.2, -0.15) is 5.26 Å². The number of nitro groups is 1. The Bertz CT molecular complexity index is 1300. The molecule has 0 fully saturated rings. The normalized spacial score (nSPS) is 11.3. The van der Waals surface area contributed by atoms with Gasteiger partial charge in [0.2, 0.25) is 0 Å². The van der Waals surface area contributed by atoms with Crippen molar-refractivity contribution in [2.75, 3.05) is 0 Å². The van der Waals surface area contributed by atoms with E-state index in [1.165, 1.54) is 29.5 Å². The number of nitrogens with zero attached hydrogens (tertiary/aromatic N) is 3. The number of hydrogen-bond acceptors (Lipinski definition) is 6. The fourth-order valence-corrected chi connectivity index (χ4v) is 3.88. The minimum Gasteiger partial charge on any atom is -0.457 e. The zero-order valence-corrected chi connectivity index (χ0v) is 16.9. The Morgan fingerprint density at radius 1 is 1.20 bits per heavy atom. The molecule has 2 heterocycles. The second-order valence-corrected chi connectivity index (χ2v) is 7.46. The monoisotopic (exact) mass is 433 g/mol. The molecule has 0 radical (unpaired) electrons. The van der Waals surface area contributed by atoms with Gasteiger partial charge in [0.1, 0.15) is 22.6 Å². The highest BCUT2D eigenvalue weighted by atomic mass is 35.5. The molecule has 2 aromatic heterocycles. The van der Waals surface area contributed by atoms with Gasteiger partial charge in [0, 0.05) is 34.7 Å². The van der Waals surface area contributed by atoms with Crippen LogP contribution in [0.4, 0.5) is 5.69 Å². The zero-order chi connectivity index (χ0) is 21.1. The van der Waals surface area contributed by atoms with Crippen molar-refractivity contribution in [1.29, 1.82) is 5.26 Å². The second kappa shape index (κ2) is 8.33. The summed E-state index contributed by atoms with van der Waals surface area (Å²) in [4.78, 5) is 14.9. The molecule has 146 valence electrons. The van der Waals surface area contributed by atoms with Crippen LogP contribution in [0.3, 0.4) is 0 Å². The van der Waals surface area contributed by atoms with Crippen molar-refractivity contribution in [3.05, 3.63) is 91.9 Å². The Hall–Kier alpha value is -3.73. The molecule has 0 unspecified atom stereocenters. The molecule has 0 N–H and O–H groups in total. The fourth-order valence-electron chi connectivity index (χ4n) is 2.82. The van der Waals surface area contributed by atoms with Crippen LogP contribution in [0.15, 0.2) is 70.5 Å². The summed E-state index contributed by atoms with van der Waals surface area (Å²) in [7, 11) is 0. The SMILES string of the molecule is N#CC(=Cc1ccc(-c2ccc([N+](=O)[O-])cc2Cl)o1)c1nc(-c2ccccc2)cs1. The lowest BCUT2D eigenvalue weighted by Crippen LogP contribution is -1.88. The van der Waals surface area contributed by atoms with Crippen LogP contribution in [-0.2, 0) is 0 Å². The van der Waals surface area contributed by atoms with Gasteiger partial charge >= 0.3 is 0 Å². The number of allylic oxidation sites excluding steroid dienone is 1. The number of rotatable bonds is 5. The minimum atomic E-state index is -0.511. The maximum Gasteiger partial charge on any atom is 0.270 e. The van der Waals surface area contributed by atoms with E-state index < -0.39 is 4.92 Å². The van der Waals surface area contributed by atoms with Crippen molar-refractivity contribution in [3.8, 4) is 28.7 Å². The van der Waals surface area contributed by atoms with Gasteiger partial charge in [-0.3, -0.25) is 10.1 Å². The molecule has 8 heteroatoms. The van der Waals surface area contributed by atoms with Crippen LogP contribution in [0.5, 0.6) is 0 Å². The Balaban J connectivity index is 1.62. The van der Waals surface area contributed by atoms with Crippen LogP contribution in [-0.4, -0.2) is 9.91 Å². The van der Waals surface area contributed by atoms with Gasteiger partial charge < -0.3 is 4.42 Å². The van der Waals surface area contributed by atoms with E-state index in [1.54, 1.807) is 18.2 Å². The smallest absolute Gasteiger partial charge is 0.270 e. The second-order valence-electron chi connectivity index (χ2n) is 6.20. The highest BCUT2D eigenvalue weighted by molar-refractivity contribution is 7.11. The van der Waals surface area contributed by atoms with Crippen LogP contribution in [0.2, 0.25) is 5.02 Å². The summed E-state index contributed by atoms with van der Waals surface area (Å²) in [6.45, 7) is 0. The molecule has 0 saturated carbocycles. The van der Waals surface area contributed by atoms with Gasteiger partial charge in [0.15, 0.2) is 0 Å². The topological polar surface area (TPSA) is 93.0 Å². The standard InChI is InChI=1S/C22H12ClN3O3S/c23-19-11-16(26(27)28)6-8-18(19)21-9-7-17(29-21)10-15(12-24)22-25-20(13-30-22)14-4-2-1-3-5-14/h1-11,13H. The Morgan fingerprint density at radius 2 is 2.00 bits per heavy atom. The number of non-ortho nitro benzene ring substituents is 1. The molecule has 0 saturated heterocycles. The van der Waals surface area contributed by atoms with E-state index in [1.807, 2.05) is 35.7 Å². The van der Waals surface area contributed by atoms with Crippen LogP contribution >= 0.6 is 22.9 Å². The predicted octanol–water partition coefficient (Wildman–Crippen LogP) is 6.70. The van der Waals surface area contributed by atoms with E-state index in [0.717, 1.165) is 11.3 Å². The molecular weight excluding hydrogens is 422 g/mol. The largest absolute Gasteiger partial charge is 0.457 e. The van der Waals surface area contributed by atoms with Crippen molar-refractivity contribution in [2.24, 2.45) is 0 Å². The van der Waals surface area contributed by atoms with Gasteiger partial charge in [-0.25, -0.2) is 4.98 Å². The zero-order valence-electron chi connectivity index (χ0n) is 15.3. The maximum absolute atomic E-state index is 10.9. The summed E-state index contributed by atoms with van der Waals surface area (Å²) in [5.74, 6) is 0.898. The third-order valence-corrected chi connectivity index (χ3v) is 5.46. The number of thiazole rings is 1. The van der Waals surface area contributed by atoms with Crippen molar-refractivity contribution in [3.63, 3.8) is 0 Å². The molecule has 0 bridgehead atoms. The van der Waals surface area contributed by atoms with Gasteiger partial charge in [-0.15, -0.1) is 11.3 Å². The molecule has 0 spiro atoms. The molecule has 0 atom stereocenters. The molecular formula is C22H12ClN3O3S. The van der Waals surface area contributed by atoms with Crippen molar-refractivity contribution >= 4 is 40.3 Å². The number of hydrogen-bond donors (Lipinski definition) is 0. The van der Waals surface area contributed by atoms with Crippen molar-refractivity contribution < 1.29 is 9.34 Å².